The Hall–Kier alpha value is -2.71. The van der Waals surface area contributed by atoms with E-state index in [0.29, 0.717) is 30.4 Å². The number of carbonyl (C=O) groups is 2. The van der Waals surface area contributed by atoms with Crippen LogP contribution in [0.5, 0.6) is 0 Å². The number of sulfonamides is 1. The number of rotatable bonds is 7. The largest absolute Gasteiger partial charge is 0.352 e. The zero-order valence-electron chi connectivity index (χ0n) is 19.7. The first-order valence-corrected chi connectivity index (χ1v) is 13.5. The predicted molar refractivity (Wildman–Crippen MR) is 132 cm³/mol. The van der Waals surface area contributed by atoms with Gasteiger partial charge in [0.1, 0.15) is 6.04 Å². The summed E-state index contributed by atoms with van der Waals surface area (Å²) in [6.07, 6.45) is 4.16. The molecular formula is C26H33N3O4S. The number of hydrogen-bond donors (Lipinski definition) is 3. The van der Waals surface area contributed by atoms with Crippen molar-refractivity contribution in [3.05, 3.63) is 59.7 Å². The second kappa shape index (κ2) is 10.3. The van der Waals surface area contributed by atoms with E-state index in [4.69, 9.17) is 0 Å². The van der Waals surface area contributed by atoms with Crippen molar-refractivity contribution in [2.45, 2.75) is 69.4 Å². The van der Waals surface area contributed by atoms with Crippen LogP contribution in [0.1, 0.15) is 50.7 Å². The lowest BCUT2D eigenvalue weighted by atomic mass is 9.78. The third-order valence-electron chi connectivity index (χ3n) is 7.21. The van der Waals surface area contributed by atoms with Crippen LogP contribution in [0.2, 0.25) is 0 Å². The summed E-state index contributed by atoms with van der Waals surface area (Å²) in [6, 6.07) is 13.2. The third-order valence-corrected chi connectivity index (χ3v) is 8.68. The van der Waals surface area contributed by atoms with Crippen LogP contribution >= 0.6 is 0 Å². The Labute approximate surface area is 201 Å². The van der Waals surface area contributed by atoms with Crippen molar-refractivity contribution in [3.63, 3.8) is 0 Å². The Kier molecular flexibility index (Phi) is 7.38. The lowest BCUT2D eigenvalue weighted by Gasteiger charge is -2.35. The van der Waals surface area contributed by atoms with Crippen molar-refractivity contribution in [3.8, 4) is 0 Å². The highest BCUT2D eigenvalue weighted by molar-refractivity contribution is 7.89. The molecule has 7 nitrogen and oxygen atoms in total. The molecule has 2 aliphatic rings. The molecule has 2 aromatic carbocycles. The molecule has 0 aromatic heterocycles. The summed E-state index contributed by atoms with van der Waals surface area (Å²) in [5, 5.41) is 5.90. The van der Waals surface area contributed by atoms with Gasteiger partial charge in [0.15, 0.2) is 0 Å². The second-order valence-electron chi connectivity index (χ2n) is 9.61. The predicted octanol–water partition coefficient (Wildman–Crippen LogP) is 3.40. The molecule has 182 valence electrons. The maximum absolute atomic E-state index is 13.4. The van der Waals surface area contributed by atoms with Crippen molar-refractivity contribution in [1.29, 1.82) is 0 Å². The minimum atomic E-state index is -3.96. The summed E-state index contributed by atoms with van der Waals surface area (Å²) < 4.78 is 29.3. The summed E-state index contributed by atoms with van der Waals surface area (Å²) >= 11 is 0. The number of aryl methyl sites for hydroxylation is 1. The molecule has 0 radical (unpaired) electrons. The van der Waals surface area contributed by atoms with Gasteiger partial charge in [-0.05, 0) is 60.4 Å². The molecule has 4 atom stereocenters. The van der Waals surface area contributed by atoms with E-state index in [0.717, 1.165) is 30.4 Å². The minimum absolute atomic E-state index is 0.0337. The monoisotopic (exact) mass is 483 g/mol. The lowest BCUT2D eigenvalue weighted by Crippen LogP contribution is -2.53. The Morgan fingerprint density at radius 3 is 2.62 bits per heavy atom. The molecule has 1 saturated carbocycles. The number of fused-ring (bicyclic) bond motifs is 1. The van der Waals surface area contributed by atoms with E-state index in [1.54, 1.807) is 12.1 Å². The summed E-state index contributed by atoms with van der Waals surface area (Å²) in [5.41, 5.74) is 2.29. The fraction of sp³-hybridized carbons (Fsp3) is 0.462. The van der Waals surface area contributed by atoms with Gasteiger partial charge >= 0.3 is 0 Å². The molecule has 4 rings (SSSR count). The van der Waals surface area contributed by atoms with Crippen molar-refractivity contribution in [2.24, 2.45) is 11.8 Å². The standard InChI is InChI=1S/C26H33N3O4S/c1-17-7-6-10-22(18(17)2)28-26(31)24(15-19-8-4-3-5-9-19)29-34(32,33)21-12-13-23-20(16-21)11-14-25(30)27-23/h3-5,8-9,12-13,16-18,22,24,29H,6-7,10-11,14-15H2,1-2H3,(H,27,30)(H,28,31)/t17-,18+,22+,24-/m1/s1. The van der Waals surface area contributed by atoms with Crippen molar-refractivity contribution in [2.75, 3.05) is 5.32 Å². The maximum atomic E-state index is 13.4. The quantitative estimate of drug-likeness (QED) is 0.561. The molecule has 2 aromatic rings. The SMILES string of the molecule is C[C@H]1[C@H](C)CCC[C@@H]1NC(=O)[C@@H](Cc1ccccc1)NS(=O)(=O)c1ccc2c(c1)CCC(=O)N2. The van der Waals surface area contributed by atoms with Crippen LogP contribution in [0.4, 0.5) is 5.69 Å². The summed E-state index contributed by atoms with van der Waals surface area (Å²) in [4.78, 5) is 25.1. The van der Waals surface area contributed by atoms with Crippen LogP contribution < -0.4 is 15.4 Å². The van der Waals surface area contributed by atoms with E-state index in [-0.39, 0.29) is 29.2 Å². The Balaban J connectivity index is 1.56. The second-order valence-corrected chi connectivity index (χ2v) is 11.3. The molecule has 0 spiro atoms. The normalized spacial score (nSPS) is 23.5. The van der Waals surface area contributed by atoms with Gasteiger partial charge in [0.05, 0.1) is 4.90 Å². The molecule has 0 unspecified atom stereocenters. The minimum Gasteiger partial charge on any atom is -0.352 e. The lowest BCUT2D eigenvalue weighted by molar-refractivity contribution is -0.124. The van der Waals surface area contributed by atoms with Crippen molar-refractivity contribution >= 4 is 27.5 Å². The molecule has 0 saturated heterocycles. The van der Waals surface area contributed by atoms with E-state index in [1.807, 2.05) is 30.3 Å². The molecular weight excluding hydrogens is 450 g/mol. The average molecular weight is 484 g/mol. The van der Waals surface area contributed by atoms with Gasteiger partial charge in [-0.1, -0.05) is 57.0 Å². The van der Waals surface area contributed by atoms with Gasteiger partial charge in [-0.15, -0.1) is 0 Å². The molecule has 34 heavy (non-hydrogen) atoms. The van der Waals surface area contributed by atoms with E-state index in [2.05, 4.69) is 29.2 Å². The summed E-state index contributed by atoms with van der Waals surface area (Å²) in [5.74, 6) is 0.470. The highest BCUT2D eigenvalue weighted by Crippen LogP contribution is 2.30. The number of carbonyl (C=O) groups excluding carboxylic acids is 2. The first-order chi connectivity index (χ1) is 16.2. The molecule has 3 N–H and O–H groups in total. The van der Waals surface area contributed by atoms with E-state index >= 15 is 0 Å². The molecule has 1 aliphatic heterocycles. The molecule has 0 bridgehead atoms. The van der Waals surface area contributed by atoms with Gasteiger partial charge < -0.3 is 10.6 Å². The summed E-state index contributed by atoms with van der Waals surface area (Å²) in [6.45, 7) is 4.35. The number of anilines is 1. The maximum Gasteiger partial charge on any atom is 0.241 e. The zero-order valence-corrected chi connectivity index (χ0v) is 20.5. The smallest absolute Gasteiger partial charge is 0.241 e. The van der Waals surface area contributed by atoms with Gasteiger partial charge in [-0.2, -0.15) is 4.72 Å². The van der Waals surface area contributed by atoms with Gasteiger partial charge in [-0.3, -0.25) is 9.59 Å². The average Bonchev–Trinajstić information content (AvgIpc) is 2.81. The van der Waals surface area contributed by atoms with E-state index in [1.165, 1.54) is 6.07 Å². The van der Waals surface area contributed by atoms with Gasteiger partial charge in [0.2, 0.25) is 21.8 Å². The van der Waals surface area contributed by atoms with Crippen LogP contribution in [0.3, 0.4) is 0 Å². The fourth-order valence-electron chi connectivity index (χ4n) is 4.89. The van der Waals surface area contributed by atoms with E-state index in [9.17, 15) is 18.0 Å². The first-order valence-electron chi connectivity index (χ1n) is 12.0. The summed E-state index contributed by atoms with van der Waals surface area (Å²) in [7, 11) is -3.96. The molecule has 8 heteroatoms. The Bertz CT molecular complexity index is 1150. The zero-order chi connectivity index (χ0) is 24.3. The third kappa shape index (κ3) is 5.67. The van der Waals surface area contributed by atoms with Crippen molar-refractivity contribution < 1.29 is 18.0 Å². The van der Waals surface area contributed by atoms with Gasteiger partial charge in [-0.25, -0.2) is 8.42 Å². The van der Waals surface area contributed by atoms with Crippen LogP contribution in [-0.4, -0.2) is 32.3 Å². The van der Waals surface area contributed by atoms with Crippen LogP contribution in [0.25, 0.3) is 0 Å². The molecule has 1 aliphatic carbocycles. The number of amides is 2. The number of benzene rings is 2. The molecule has 2 amide bonds. The molecule has 1 fully saturated rings. The highest BCUT2D eigenvalue weighted by atomic mass is 32.2. The Morgan fingerprint density at radius 2 is 1.85 bits per heavy atom. The number of hydrogen-bond acceptors (Lipinski definition) is 4. The van der Waals surface area contributed by atoms with Crippen LogP contribution in [0, 0.1) is 11.8 Å². The molecule has 1 heterocycles. The first kappa shape index (κ1) is 24.4. The Morgan fingerprint density at radius 1 is 1.09 bits per heavy atom. The van der Waals surface area contributed by atoms with Gasteiger partial charge in [0.25, 0.3) is 0 Å². The van der Waals surface area contributed by atoms with Gasteiger partial charge in [0, 0.05) is 18.2 Å². The van der Waals surface area contributed by atoms with Crippen LogP contribution in [-0.2, 0) is 32.5 Å². The van der Waals surface area contributed by atoms with E-state index < -0.39 is 16.1 Å². The number of nitrogens with one attached hydrogen (secondary N) is 3. The topological polar surface area (TPSA) is 104 Å². The van der Waals surface area contributed by atoms with Crippen molar-refractivity contribution in [1.82, 2.24) is 10.0 Å². The van der Waals surface area contributed by atoms with Crippen LogP contribution in [0.15, 0.2) is 53.4 Å². The highest BCUT2D eigenvalue weighted by Gasteiger charge is 2.32. The fourth-order valence-corrected chi connectivity index (χ4v) is 6.13.